The molecule has 0 atom stereocenters. The van der Waals surface area contributed by atoms with Crippen LogP contribution in [0.25, 0.3) is 0 Å². The number of nitrogens with one attached hydrogen (secondary N) is 2. The number of rotatable bonds is 6. The van der Waals surface area contributed by atoms with Crippen LogP contribution in [0.15, 0.2) is 61.2 Å². The zero-order valence-electron chi connectivity index (χ0n) is 11.3. The van der Waals surface area contributed by atoms with Crippen molar-refractivity contribution < 1.29 is 0 Å². The van der Waals surface area contributed by atoms with E-state index in [1.807, 2.05) is 12.1 Å². The van der Waals surface area contributed by atoms with Crippen molar-refractivity contribution in [3.8, 4) is 0 Å². The Balaban J connectivity index is 2.06. The smallest absolute Gasteiger partial charge is 0.0404 e. The minimum Gasteiger partial charge on any atom is -0.382 e. The van der Waals surface area contributed by atoms with E-state index in [0.717, 1.165) is 30.0 Å². The van der Waals surface area contributed by atoms with E-state index in [1.54, 1.807) is 0 Å². The SMILES string of the molecule is C=CCNc1cccc(Nc2ccc(CC)cc2)c1. The van der Waals surface area contributed by atoms with Gasteiger partial charge in [0.15, 0.2) is 0 Å². The number of hydrogen-bond donors (Lipinski definition) is 2. The molecule has 0 saturated carbocycles. The Morgan fingerprint density at radius 2 is 1.74 bits per heavy atom. The number of hydrogen-bond acceptors (Lipinski definition) is 2. The lowest BCUT2D eigenvalue weighted by molar-refractivity contribution is 1.14. The van der Waals surface area contributed by atoms with Gasteiger partial charge in [-0.3, -0.25) is 0 Å². The van der Waals surface area contributed by atoms with Crippen LogP contribution in [0.2, 0.25) is 0 Å². The van der Waals surface area contributed by atoms with E-state index in [-0.39, 0.29) is 0 Å². The van der Waals surface area contributed by atoms with Crippen LogP contribution < -0.4 is 10.6 Å². The summed E-state index contributed by atoms with van der Waals surface area (Å²) in [6.07, 6.45) is 2.92. The Morgan fingerprint density at radius 3 is 2.42 bits per heavy atom. The van der Waals surface area contributed by atoms with E-state index in [1.165, 1.54) is 5.56 Å². The fourth-order valence-electron chi connectivity index (χ4n) is 1.89. The number of aryl methyl sites for hydroxylation is 1. The van der Waals surface area contributed by atoms with Crippen LogP contribution in [0, 0.1) is 0 Å². The number of benzene rings is 2. The summed E-state index contributed by atoms with van der Waals surface area (Å²) in [4.78, 5) is 0. The zero-order chi connectivity index (χ0) is 13.5. The van der Waals surface area contributed by atoms with Crippen LogP contribution >= 0.6 is 0 Å². The average Bonchev–Trinajstić information content (AvgIpc) is 2.46. The summed E-state index contributed by atoms with van der Waals surface area (Å²) in [7, 11) is 0. The van der Waals surface area contributed by atoms with E-state index in [2.05, 4.69) is 66.6 Å². The van der Waals surface area contributed by atoms with Crippen LogP contribution in [-0.4, -0.2) is 6.54 Å². The molecule has 0 saturated heterocycles. The molecule has 0 unspecified atom stereocenters. The fraction of sp³-hybridized carbons (Fsp3) is 0.176. The van der Waals surface area contributed by atoms with Crippen molar-refractivity contribution in [2.75, 3.05) is 17.2 Å². The average molecular weight is 252 g/mol. The molecule has 0 amide bonds. The van der Waals surface area contributed by atoms with E-state index < -0.39 is 0 Å². The maximum absolute atomic E-state index is 3.70. The molecule has 0 aliphatic rings. The topological polar surface area (TPSA) is 24.1 Å². The van der Waals surface area contributed by atoms with E-state index >= 15 is 0 Å². The lowest BCUT2D eigenvalue weighted by Crippen LogP contribution is -1.98. The molecule has 0 aromatic heterocycles. The highest BCUT2D eigenvalue weighted by atomic mass is 14.9. The largest absolute Gasteiger partial charge is 0.382 e. The Bertz CT molecular complexity index is 529. The second-order valence-electron chi connectivity index (χ2n) is 4.43. The Hall–Kier alpha value is -2.22. The summed E-state index contributed by atoms with van der Waals surface area (Å²) in [6, 6.07) is 16.8. The molecule has 0 heterocycles. The first-order chi connectivity index (χ1) is 9.31. The molecular weight excluding hydrogens is 232 g/mol. The second kappa shape index (κ2) is 6.64. The molecule has 0 aliphatic carbocycles. The van der Waals surface area contributed by atoms with Crippen molar-refractivity contribution in [2.45, 2.75) is 13.3 Å². The summed E-state index contributed by atoms with van der Waals surface area (Å²) < 4.78 is 0. The third-order valence-electron chi connectivity index (χ3n) is 2.96. The Labute approximate surface area is 115 Å². The maximum atomic E-state index is 3.70. The van der Waals surface area contributed by atoms with Gasteiger partial charge in [-0.05, 0) is 42.3 Å². The third-order valence-corrected chi connectivity index (χ3v) is 2.96. The maximum Gasteiger partial charge on any atom is 0.0404 e. The summed E-state index contributed by atoms with van der Waals surface area (Å²) in [5, 5.41) is 6.69. The minimum atomic E-state index is 0.772. The van der Waals surface area contributed by atoms with Gasteiger partial charge in [0.25, 0.3) is 0 Å². The minimum absolute atomic E-state index is 0.772. The van der Waals surface area contributed by atoms with Crippen LogP contribution in [0.4, 0.5) is 17.1 Å². The van der Waals surface area contributed by atoms with Crippen molar-refractivity contribution in [2.24, 2.45) is 0 Å². The van der Waals surface area contributed by atoms with Gasteiger partial charge in [-0.1, -0.05) is 31.2 Å². The highest BCUT2D eigenvalue weighted by Crippen LogP contribution is 2.20. The molecule has 2 heteroatoms. The molecule has 0 aliphatic heterocycles. The first-order valence-corrected chi connectivity index (χ1v) is 6.62. The van der Waals surface area contributed by atoms with Crippen LogP contribution in [0.5, 0.6) is 0 Å². The van der Waals surface area contributed by atoms with Crippen molar-refractivity contribution in [1.29, 1.82) is 0 Å². The molecule has 0 fully saturated rings. The Morgan fingerprint density at radius 1 is 1.00 bits per heavy atom. The second-order valence-corrected chi connectivity index (χ2v) is 4.43. The van der Waals surface area contributed by atoms with Crippen molar-refractivity contribution >= 4 is 17.1 Å². The highest BCUT2D eigenvalue weighted by molar-refractivity contribution is 5.64. The van der Waals surface area contributed by atoms with Crippen molar-refractivity contribution in [1.82, 2.24) is 0 Å². The molecule has 2 aromatic carbocycles. The van der Waals surface area contributed by atoms with Gasteiger partial charge < -0.3 is 10.6 Å². The van der Waals surface area contributed by atoms with Crippen molar-refractivity contribution in [3.63, 3.8) is 0 Å². The standard InChI is InChI=1S/C17H20N2/c1-3-12-18-16-6-5-7-17(13-16)19-15-10-8-14(4-2)9-11-15/h3,5-11,13,18-19H,1,4,12H2,2H3. The third kappa shape index (κ3) is 3.88. The lowest BCUT2D eigenvalue weighted by Gasteiger charge is -2.09. The van der Waals surface area contributed by atoms with Crippen molar-refractivity contribution in [3.05, 3.63) is 66.7 Å². The molecule has 2 nitrogen and oxygen atoms in total. The molecule has 98 valence electrons. The van der Waals surface area contributed by atoms with E-state index in [9.17, 15) is 0 Å². The van der Waals surface area contributed by atoms with Crippen LogP contribution in [-0.2, 0) is 6.42 Å². The summed E-state index contributed by atoms with van der Waals surface area (Å²) in [5.74, 6) is 0. The molecule has 0 bridgehead atoms. The van der Waals surface area contributed by atoms with Gasteiger partial charge in [-0.15, -0.1) is 6.58 Å². The van der Waals surface area contributed by atoms with Gasteiger partial charge in [-0.25, -0.2) is 0 Å². The van der Waals surface area contributed by atoms with Gasteiger partial charge in [0.05, 0.1) is 0 Å². The lowest BCUT2D eigenvalue weighted by atomic mass is 10.1. The molecule has 2 rings (SSSR count). The molecule has 2 N–H and O–H groups in total. The monoisotopic (exact) mass is 252 g/mol. The van der Waals surface area contributed by atoms with Gasteiger partial charge in [0.1, 0.15) is 0 Å². The first kappa shape index (κ1) is 13.2. The van der Waals surface area contributed by atoms with E-state index in [0.29, 0.717) is 0 Å². The zero-order valence-corrected chi connectivity index (χ0v) is 11.3. The first-order valence-electron chi connectivity index (χ1n) is 6.62. The normalized spacial score (nSPS) is 9.95. The van der Waals surface area contributed by atoms with Gasteiger partial charge in [-0.2, -0.15) is 0 Å². The molecule has 19 heavy (non-hydrogen) atoms. The highest BCUT2D eigenvalue weighted by Gasteiger charge is 1.97. The van der Waals surface area contributed by atoms with Gasteiger partial charge in [0.2, 0.25) is 0 Å². The van der Waals surface area contributed by atoms with Gasteiger partial charge >= 0.3 is 0 Å². The molecule has 2 aromatic rings. The fourth-order valence-corrected chi connectivity index (χ4v) is 1.89. The van der Waals surface area contributed by atoms with Gasteiger partial charge in [0, 0.05) is 23.6 Å². The number of anilines is 3. The predicted molar refractivity (Wildman–Crippen MR) is 84.2 cm³/mol. The quantitative estimate of drug-likeness (QED) is 0.735. The molecular formula is C17H20N2. The Kier molecular flexibility index (Phi) is 4.62. The predicted octanol–water partition coefficient (Wildman–Crippen LogP) is 4.59. The summed E-state index contributed by atoms with van der Waals surface area (Å²) >= 11 is 0. The van der Waals surface area contributed by atoms with Crippen LogP contribution in [0.3, 0.4) is 0 Å². The van der Waals surface area contributed by atoms with E-state index in [4.69, 9.17) is 0 Å². The summed E-state index contributed by atoms with van der Waals surface area (Å²) in [6.45, 7) is 6.64. The molecule has 0 spiro atoms. The molecule has 0 radical (unpaired) electrons. The van der Waals surface area contributed by atoms with Crippen LogP contribution in [0.1, 0.15) is 12.5 Å². The summed E-state index contributed by atoms with van der Waals surface area (Å²) in [5.41, 5.74) is 4.64.